The van der Waals surface area contributed by atoms with Gasteiger partial charge in [0.05, 0.1) is 23.4 Å². The van der Waals surface area contributed by atoms with Crippen LogP contribution < -0.4 is 21.3 Å². The minimum Gasteiger partial charge on any atom is -0.387 e. The fourth-order valence-electron chi connectivity index (χ4n) is 4.97. The largest absolute Gasteiger partial charge is 0.418 e. The molecule has 2 fully saturated rings. The molecule has 1 heterocycles. The Hall–Kier alpha value is -4.00. The highest BCUT2D eigenvalue weighted by atomic mass is 19.4. The van der Waals surface area contributed by atoms with Crippen LogP contribution in [0.2, 0.25) is 0 Å². The summed E-state index contributed by atoms with van der Waals surface area (Å²) in [6, 6.07) is 5.90. The Balaban J connectivity index is 1.40. The predicted molar refractivity (Wildman–Crippen MR) is 146 cm³/mol. The molecule has 0 aromatic heterocycles. The van der Waals surface area contributed by atoms with Crippen LogP contribution in [0.1, 0.15) is 49.7 Å². The standard InChI is InChI=1S/C29H32F5N5O3/c30-20-7-9-25(23(12-20)29(32,33)34)38-22-8-6-18(24(31)13-22)15-37-27(41)28(10-11-42-17-28)39-26(40)19(14-35)16-36-21-4-2-1-3-5-21/h6-9,12-14,16,21,35-36,38H,1-5,10-11,15,17H2,(H,37,41)(H,39,40)/b19-16+,35-14?/t28-/m0/s1. The molecule has 1 aliphatic heterocycles. The van der Waals surface area contributed by atoms with Gasteiger partial charge in [0.2, 0.25) is 5.91 Å². The van der Waals surface area contributed by atoms with Crippen molar-refractivity contribution >= 4 is 29.4 Å². The Morgan fingerprint density at radius 1 is 1.07 bits per heavy atom. The molecule has 5 N–H and O–H groups in total. The first kappa shape index (κ1) is 30.9. The number of hydrogen-bond acceptors (Lipinski definition) is 6. The number of ether oxygens (including phenoxy) is 1. The Morgan fingerprint density at radius 2 is 1.83 bits per heavy atom. The summed E-state index contributed by atoms with van der Waals surface area (Å²) < 4.78 is 73.5. The zero-order chi connectivity index (χ0) is 30.3. The molecule has 0 radical (unpaired) electrons. The van der Waals surface area contributed by atoms with Gasteiger partial charge in [-0.15, -0.1) is 0 Å². The molecule has 226 valence electrons. The highest BCUT2D eigenvalue weighted by Gasteiger charge is 2.44. The second-order valence-electron chi connectivity index (χ2n) is 10.4. The number of anilines is 2. The summed E-state index contributed by atoms with van der Waals surface area (Å²) in [4.78, 5) is 26.2. The Labute approximate surface area is 239 Å². The van der Waals surface area contributed by atoms with E-state index in [0.717, 1.165) is 50.1 Å². The third kappa shape index (κ3) is 7.64. The van der Waals surface area contributed by atoms with E-state index >= 15 is 0 Å². The molecule has 4 rings (SSSR count). The lowest BCUT2D eigenvalue weighted by Crippen LogP contribution is -2.59. The highest BCUT2D eigenvalue weighted by Crippen LogP contribution is 2.36. The lowest BCUT2D eigenvalue weighted by molar-refractivity contribution is -0.137. The summed E-state index contributed by atoms with van der Waals surface area (Å²) in [6.07, 6.45) is 3.00. The summed E-state index contributed by atoms with van der Waals surface area (Å²) in [6.45, 7) is -0.185. The molecular weight excluding hydrogens is 561 g/mol. The zero-order valence-electron chi connectivity index (χ0n) is 22.7. The van der Waals surface area contributed by atoms with Gasteiger partial charge in [-0.25, -0.2) is 8.78 Å². The maximum absolute atomic E-state index is 14.9. The lowest BCUT2D eigenvalue weighted by Gasteiger charge is -2.28. The van der Waals surface area contributed by atoms with Gasteiger partial charge in [-0.3, -0.25) is 9.59 Å². The summed E-state index contributed by atoms with van der Waals surface area (Å²) in [7, 11) is 0. The molecule has 13 heteroatoms. The van der Waals surface area contributed by atoms with Crippen molar-refractivity contribution in [2.75, 3.05) is 18.5 Å². The molecule has 2 aliphatic rings. The van der Waals surface area contributed by atoms with Gasteiger partial charge in [0.1, 0.15) is 17.2 Å². The van der Waals surface area contributed by atoms with Crippen LogP contribution in [0.25, 0.3) is 0 Å². The first-order chi connectivity index (χ1) is 20.0. The number of nitrogens with one attached hydrogen (secondary N) is 5. The van der Waals surface area contributed by atoms with Gasteiger partial charge in [-0.05, 0) is 43.2 Å². The molecular formula is C29H32F5N5O3. The zero-order valence-corrected chi connectivity index (χ0v) is 22.7. The maximum Gasteiger partial charge on any atom is 0.418 e. The van der Waals surface area contributed by atoms with Crippen molar-refractivity contribution < 1.29 is 36.3 Å². The van der Waals surface area contributed by atoms with E-state index in [1.54, 1.807) is 0 Å². The minimum atomic E-state index is -4.83. The molecule has 0 bridgehead atoms. The van der Waals surface area contributed by atoms with Crippen LogP contribution >= 0.6 is 0 Å². The third-order valence-corrected chi connectivity index (χ3v) is 7.36. The number of hydrogen-bond donors (Lipinski definition) is 5. The monoisotopic (exact) mass is 593 g/mol. The summed E-state index contributed by atoms with van der Waals surface area (Å²) in [5.41, 5.74) is -3.05. The first-order valence-corrected chi connectivity index (χ1v) is 13.6. The Kier molecular flexibility index (Phi) is 9.81. The summed E-state index contributed by atoms with van der Waals surface area (Å²) >= 11 is 0. The highest BCUT2D eigenvalue weighted by molar-refractivity contribution is 6.12. The van der Waals surface area contributed by atoms with Crippen molar-refractivity contribution in [1.82, 2.24) is 16.0 Å². The summed E-state index contributed by atoms with van der Waals surface area (Å²) in [5.74, 6) is -3.11. The van der Waals surface area contributed by atoms with E-state index in [-0.39, 0.29) is 49.0 Å². The van der Waals surface area contributed by atoms with Crippen LogP contribution in [0.3, 0.4) is 0 Å². The number of halogens is 5. The van der Waals surface area contributed by atoms with Gasteiger partial charge >= 0.3 is 6.18 Å². The second-order valence-corrected chi connectivity index (χ2v) is 10.4. The van der Waals surface area contributed by atoms with Gasteiger partial charge in [0, 0.05) is 49.3 Å². The molecule has 8 nitrogen and oxygen atoms in total. The number of benzene rings is 2. The number of amides is 2. The van der Waals surface area contributed by atoms with E-state index in [4.69, 9.17) is 10.1 Å². The van der Waals surface area contributed by atoms with Gasteiger partial charge in [-0.2, -0.15) is 13.2 Å². The molecule has 1 aliphatic carbocycles. The normalized spacial score (nSPS) is 19.7. The smallest absolute Gasteiger partial charge is 0.387 e. The fourth-order valence-corrected chi connectivity index (χ4v) is 4.97. The summed E-state index contributed by atoms with van der Waals surface area (Å²) in [5, 5.41) is 18.6. The second kappa shape index (κ2) is 13.3. The van der Waals surface area contributed by atoms with Crippen molar-refractivity contribution in [2.24, 2.45) is 0 Å². The Morgan fingerprint density at radius 3 is 2.48 bits per heavy atom. The van der Waals surface area contributed by atoms with E-state index in [2.05, 4.69) is 21.3 Å². The van der Waals surface area contributed by atoms with Gasteiger partial charge < -0.3 is 31.4 Å². The molecule has 2 aromatic carbocycles. The first-order valence-electron chi connectivity index (χ1n) is 13.6. The molecule has 2 aromatic rings. The number of carbonyl (C=O) groups excluding carboxylic acids is 2. The van der Waals surface area contributed by atoms with Crippen molar-refractivity contribution in [3.63, 3.8) is 0 Å². The lowest BCUT2D eigenvalue weighted by atomic mass is 9.95. The van der Waals surface area contributed by atoms with Crippen LogP contribution in [-0.2, 0) is 27.0 Å². The van der Waals surface area contributed by atoms with E-state index in [9.17, 15) is 31.5 Å². The van der Waals surface area contributed by atoms with E-state index in [1.807, 2.05) is 0 Å². The topological polar surface area (TPSA) is 115 Å². The predicted octanol–water partition coefficient (Wildman–Crippen LogP) is 5.07. The molecule has 42 heavy (non-hydrogen) atoms. The van der Waals surface area contributed by atoms with Gasteiger partial charge in [0.25, 0.3) is 5.91 Å². The molecule has 2 amide bonds. The van der Waals surface area contributed by atoms with Crippen LogP contribution in [0.5, 0.6) is 0 Å². The average molecular weight is 594 g/mol. The molecule has 1 saturated heterocycles. The molecule has 1 saturated carbocycles. The fraction of sp³-hybridized carbons (Fsp3) is 0.414. The van der Waals surface area contributed by atoms with Crippen molar-refractivity contribution in [3.05, 3.63) is 70.9 Å². The minimum absolute atomic E-state index is 0.0135. The van der Waals surface area contributed by atoms with Gasteiger partial charge in [-0.1, -0.05) is 25.3 Å². The molecule has 0 unspecified atom stereocenters. The van der Waals surface area contributed by atoms with Crippen molar-refractivity contribution in [3.8, 4) is 0 Å². The van der Waals surface area contributed by atoms with Gasteiger partial charge in [0.15, 0.2) is 0 Å². The van der Waals surface area contributed by atoms with E-state index in [1.165, 1.54) is 24.8 Å². The van der Waals surface area contributed by atoms with Crippen LogP contribution in [-0.4, -0.2) is 42.8 Å². The van der Waals surface area contributed by atoms with E-state index < -0.39 is 46.4 Å². The van der Waals surface area contributed by atoms with Crippen molar-refractivity contribution in [1.29, 1.82) is 5.41 Å². The quantitative estimate of drug-likeness (QED) is 0.150. The van der Waals surface area contributed by atoms with E-state index in [0.29, 0.717) is 6.07 Å². The molecule has 0 spiro atoms. The van der Waals surface area contributed by atoms with Crippen LogP contribution in [0, 0.1) is 17.0 Å². The molecule has 1 atom stereocenters. The number of rotatable bonds is 10. The van der Waals surface area contributed by atoms with Crippen molar-refractivity contribution in [2.45, 2.75) is 62.8 Å². The SMILES string of the molecule is N=C/C(=C\NC1CCCCC1)C(=O)N[C@@]1(C(=O)NCc2ccc(Nc3ccc(F)cc3C(F)(F)F)cc2F)CCOC1. The van der Waals surface area contributed by atoms with Crippen LogP contribution in [0.15, 0.2) is 48.2 Å². The maximum atomic E-state index is 14.9. The Bertz CT molecular complexity index is 1340. The number of carbonyl (C=O) groups is 2. The average Bonchev–Trinajstić information content (AvgIpc) is 3.43. The number of alkyl halides is 3. The van der Waals surface area contributed by atoms with Crippen LogP contribution in [0.4, 0.5) is 33.3 Å². The third-order valence-electron chi connectivity index (χ3n) is 7.36.